The van der Waals surface area contributed by atoms with Gasteiger partial charge in [0.15, 0.2) is 11.6 Å². The highest BCUT2D eigenvalue weighted by Gasteiger charge is 2.35. The summed E-state index contributed by atoms with van der Waals surface area (Å²) < 4.78 is 1.87. The molecule has 0 saturated carbocycles. The lowest BCUT2D eigenvalue weighted by Gasteiger charge is -2.31. The summed E-state index contributed by atoms with van der Waals surface area (Å²) in [7, 11) is 0. The van der Waals surface area contributed by atoms with Gasteiger partial charge < -0.3 is 0 Å². The van der Waals surface area contributed by atoms with E-state index in [1.54, 1.807) is 12.4 Å². The van der Waals surface area contributed by atoms with Crippen molar-refractivity contribution >= 4 is 76.3 Å². The minimum atomic E-state index is -0.311. The SMILES string of the molecule is CC(C)(C)C1=CC(=C/N=N/c2ccc(-c3ccc(/N=N/C=C4C=C(C(C)(C)C)C(=O)C(C(C)(C)C)=C4)c4cc(Br)ccc34)c3ccc(Br)cc23)C=C(C(C)(C)C)C1=O. The summed E-state index contributed by atoms with van der Waals surface area (Å²) in [6, 6.07) is 20.6. The largest absolute Gasteiger partial charge is 0.289 e. The molecule has 0 fully saturated rings. The van der Waals surface area contributed by atoms with Crippen molar-refractivity contribution in [3.05, 3.63) is 140 Å². The van der Waals surface area contributed by atoms with E-state index in [1.165, 1.54) is 0 Å². The molecule has 0 amide bonds. The van der Waals surface area contributed by atoms with Crippen LogP contribution in [-0.2, 0) is 9.59 Å². The Balaban J connectivity index is 1.41. The molecular weight excluding hydrogens is 848 g/mol. The third kappa shape index (κ3) is 9.14. The number of benzene rings is 4. The van der Waals surface area contributed by atoms with Crippen molar-refractivity contribution in [2.24, 2.45) is 42.1 Å². The van der Waals surface area contributed by atoms with E-state index in [2.05, 4.69) is 162 Å². The first-order valence-corrected chi connectivity index (χ1v) is 21.2. The molecule has 0 saturated heterocycles. The molecule has 298 valence electrons. The van der Waals surface area contributed by atoms with E-state index in [-0.39, 0.29) is 33.2 Å². The maximum atomic E-state index is 13.4. The number of carbonyl (C=O) groups is 2. The molecule has 0 aliphatic heterocycles. The fourth-order valence-corrected chi connectivity index (χ4v) is 7.97. The first kappa shape index (κ1) is 42.9. The average molecular weight is 901 g/mol. The minimum Gasteiger partial charge on any atom is -0.289 e. The quantitative estimate of drug-likeness (QED) is 0.187. The molecule has 4 aromatic rings. The van der Waals surface area contributed by atoms with E-state index >= 15 is 0 Å². The van der Waals surface area contributed by atoms with Gasteiger partial charge in [-0.3, -0.25) is 9.59 Å². The molecule has 0 unspecified atom stereocenters. The maximum Gasteiger partial charge on any atom is 0.186 e. The highest BCUT2D eigenvalue weighted by atomic mass is 79.9. The normalized spacial score (nSPS) is 16.0. The molecule has 4 aromatic carbocycles. The second-order valence-electron chi connectivity index (χ2n) is 19.2. The van der Waals surface area contributed by atoms with Gasteiger partial charge in [0.2, 0.25) is 0 Å². The molecule has 8 heteroatoms. The lowest BCUT2D eigenvalue weighted by Crippen LogP contribution is -2.27. The molecule has 6 rings (SSSR count). The number of rotatable bonds is 5. The van der Waals surface area contributed by atoms with Crippen LogP contribution in [0.4, 0.5) is 11.4 Å². The highest BCUT2D eigenvalue weighted by molar-refractivity contribution is 9.10. The fraction of sp³-hybridized carbons (Fsp3) is 0.320. The second kappa shape index (κ2) is 15.8. The van der Waals surface area contributed by atoms with E-state index in [0.717, 1.165) is 86.4 Å². The van der Waals surface area contributed by atoms with Crippen LogP contribution in [0.1, 0.15) is 83.1 Å². The lowest BCUT2D eigenvalue weighted by atomic mass is 9.72. The van der Waals surface area contributed by atoms with Gasteiger partial charge >= 0.3 is 0 Å². The standard InChI is InChI=1S/C50H52Br2N4O2/c1-47(2,3)39-21-29(22-40(45(39)57)48(4,5)6)27-53-55-43-19-17-33(35-15-13-31(51)25-37(35)43)34-18-20-44(38-26-32(52)14-16-36(34)38)56-54-28-30-23-41(49(7,8)9)46(58)42(24-30)50(10,11)12/h13-28H,1-12H3/b55-53+,56-54+. The third-order valence-electron chi connectivity index (χ3n) is 10.4. The molecular formula is C50H52Br2N4O2. The Morgan fingerprint density at radius 1 is 0.431 bits per heavy atom. The molecule has 2 aliphatic carbocycles. The van der Waals surface area contributed by atoms with Gasteiger partial charge in [-0.1, -0.05) is 139 Å². The Hall–Kier alpha value is -4.66. The van der Waals surface area contributed by atoms with E-state index in [4.69, 9.17) is 10.2 Å². The maximum absolute atomic E-state index is 13.4. The number of fused-ring (bicyclic) bond motifs is 2. The minimum absolute atomic E-state index is 0.0892. The van der Waals surface area contributed by atoms with Crippen molar-refractivity contribution < 1.29 is 9.59 Å². The third-order valence-corrected chi connectivity index (χ3v) is 11.4. The average Bonchev–Trinajstić information content (AvgIpc) is 3.11. The molecule has 0 bridgehead atoms. The van der Waals surface area contributed by atoms with E-state index in [1.807, 2.05) is 48.6 Å². The van der Waals surface area contributed by atoms with Gasteiger partial charge in [0, 0.05) is 42.0 Å². The topological polar surface area (TPSA) is 83.6 Å². The van der Waals surface area contributed by atoms with Crippen LogP contribution in [0.3, 0.4) is 0 Å². The number of Topliss-reactive ketones (excluding diaryl/α,β-unsaturated/α-hetero) is 2. The zero-order valence-corrected chi connectivity index (χ0v) is 38.8. The van der Waals surface area contributed by atoms with E-state index in [9.17, 15) is 9.59 Å². The molecule has 0 N–H and O–H groups in total. The van der Waals surface area contributed by atoms with Gasteiger partial charge in [-0.15, -0.1) is 0 Å². The van der Waals surface area contributed by atoms with Gasteiger partial charge in [0.05, 0.1) is 23.8 Å². The van der Waals surface area contributed by atoms with Crippen molar-refractivity contribution in [3.8, 4) is 11.1 Å². The van der Waals surface area contributed by atoms with Crippen LogP contribution >= 0.6 is 31.9 Å². The number of carbonyl (C=O) groups excluding carboxylic acids is 2. The number of halogens is 2. The zero-order valence-electron chi connectivity index (χ0n) is 35.6. The summed E-state index contributed by atoms with van der Waals surface area (Å²) in [5.74, 6) is 0.178. The first-order valence-electron chi connectivity index (χ1n) is 19.6. The highest BCUT2D eigenvalue weighted by Crippen LogP contribution is 2.44. The summed E-state index contributed by atoms with van der Waals surface area (Å²) in [5.41, 5.74) is 7.07. The van der Waals surface area contributed by atoms with Gasteiger partial charge in [0.25, 0.3) is 0 Å². The summed E-state index contributed by atoms with van der Waals surface area (Å²) in [6.07, 6.45) is 11.2. The Morgan fingerprint density at radius 2 is 0.741 bits per heavy atom. The van der Waals surface area contributed by atoms with Crippen molar-refractivity contribution in [2.45, 2.75) is 83.1 Å². The number of nitrogens with zero attached hydrogens (tertiary/aromatic N) is 4. The Morgan fingerprint density at radius 3 is 1.03 bits per heavy atom. The van der Waals surface area contributed by atoms with Gasteiger partial charge in [-0.05, 0) is 115 Å². The van der Waals surface area contributed by atoms with Gasteiger partial charge in [-0.25, -0.2) is 0 Å². The zero-order chi connectivity index (χ0) is 42.5. The number of hydrogen-bond donors (Lipinski definition) is 0. The van der Waals surface area contributed by atoms with Crippen LogP contribution in [0.5, 0.6) is 0 Å². The van der Waals surface area contributed by atoms with E-state index < -0.39 is 0 Å². The molecule has 0 aromatic heterocycles. The van der Waals surface area contributed by atoms with Crippen LogP contribution in [-0.4, -0.2) is 11.6 Å². The number of hydrogen-bond acceptors (Lipinski definition) is 6. The molecule has 0 atom stereocenters. The smallest absolute Gasteiger partial charge is 0.186 e. The lowest BCUT2D eigenvalue weighted by molar-refractivity contribution is -0.114. The van der Waals surface area contributed by atoms with Gasteiger partial charge in [-0.2, -0.15) is 20.5 Å². The van der Waals surface area contributed by atoms with Gasteiger partial charge in [0.1, 0.15) is 0 Å². The second-order valence-corrected chi connectivity index (χ2v) is 21.1. The Kier molecular flexibility index (Phi) is 11.7. The molecule has 0 radical (unpaired) electrons. The molecule has 0 heterocycles. The van der Waals surface area contributed by atoms with Crippen molar-refractivity contribution in [1.29, 1.82) is 0 Å². The molecule has 6 nitrogen and oxygen atoms in total. The first-order chi connectivity index (χ1) is 26.9. The van der Waals surface area contributed by atoms with Crippen molar-refractivity contribution in [1.82, 2.24) is 0 Å². The van der Waals surface area contributed by atoms with Crippen LogP contribution < -0.4 is 0 Å². The number of azo groups is 2. The van der Waals surface area contributed by atoms with Crippen molar-refractivity contribution in [3.63, 3.8) is 0 Å². The fourth-order valence-electron chi connectivity index (χ4n) is 7.25. The molecule has 2 aliphatic rings. The predicted octanol–water partition coefficient (Wildman–Crippen LogP) is 16.2. The predicted molar refractivity (Wildman–Crippen MR) is 248 cm³/mol. The Labute approximate surface area is 360 Å². The summed E-state index contributed by atoms with van der Waals surface area (Å²) in [4.78, 5) is 26.9. The monoisotopic (exact) mass is 898 g/mol. The molecule has 58 heavy (non-hydrogen) atoms. The number of allylic oxidation sites excluding steroid dienone is 10. The number of ketones is 2. The summed E-state index contributed by atoms with van der Waals surface area (Å²) in [5, 5.41) is 22.5. The summed E-state index contributed by atoms with van der Waals surface area (Å²) in [6.45, 7) is 24.8. The van der Waals surface area contributed by atoms with Crippen LogP contribution in [0, 0.1) is 21.7 Å². The summed E-state index contributed by atoms with van der Waals surface area (Å²) >= 11 is 7.37. The van der Waals surface area contributed by atoms with Crippen LogP contribution in [0.2, 0.25) is 0 Å². The van der Waals surface area contributed by atoms with Crippen LogP contribution in [0.25, 0.3) is 32.7 Å². The van der Waals surface area contributed by atoms with Crippen LogP contribution in [0.15, 0.2) is 160 Å². The molecule has 0 spiro atoms. The van der Waals surface area contributed by atoms with E-state index in [0.29, 0.717) is 0 Å². The Bertz CT molecular complexity index is 2380. The van der Waals surface area contributed by atoms with Crippen molar-refractivity contribution in [2.75, 3.05) is 0 Å².